The van der Waals surface area contributed by atoms with Gasteiger partial charge in [-0.05, 0) is 69.7 Å². The zero-order valence-electron chi connectivity index (χ0n) is 17.4. The predicted octanol–water partition coefficient (Wildman–Crippen LogP) is 3.17. The third kappa shape index (κ3) is 6.06. The minimum Gasteiger partial charge on any atom is -0.349 e. The molecule has 0 bridgehead atoms. The van der Waals surface area contributed by atoms with E-state index in [9.17, 15) is 9.59 Å². The summed E-state index contributed by atoms with van der Waals surface area (Å²) in [5, 5.41) is 2.95. The molecule has 1 N–H and O–H groups in total. The normalized spacial score (nSPS) is 22.6. The van der Waals surface area contributed by atoms with Gasteiger partial charge in [0.2, 0.25) is 5.91 Å². The Balaban J connectivity index is 1.43. The number of carbonyl (C=O) groups excluding carboxylic acids is 2. The smallest absolute Gasteiger partial charge is 0.251 e. The van der Waals surface area contributed by atoms with Gasteiger partial charge in [-0.25, -0.2) is 0 Å². The zero-order valence-corrected chi connectivity index (χ0v) is 17.4. The quantitative estimate of drug-likeness (QED) is 0.818. The van der Waals surface area contributed by atoms with Gasteiger partial charge >= 0.3 is 0 Å². The second kappa shape index (κ2) is 10.1. The lowest BCUT2D eigenvalue weighted by atomic mass is 9.94. The molecule has 154 valence electrons. The fraction of sp³-hybridized carbons (Fsp3) is 0.652. The lowest BCUT2D eigenvalue weighted by Gasteiger charge is -2.38. The first-order chi connectivity index (χ1) is 13.5. The molecule has 28 heavy (non-hydrogen) atoms. The highest BCUT2D eigenvalue weighted by molar-refractivity contribution is 5.94. The van der Waals surface area contributed by atoms with Crippen molar-refractivity contribution >= 4 is 11.8 Å². The first-order valence-corrected chi connectivity index (χ1v) is 10.9. The first-order valence-electron chi connectivity index (χ1n) is 10.9. The number of likely N-dealkylation sites (tertiary alicyclic amines) is 2. The summed E-state index contributed by atoms with van der Waals surface area (Å²) in [6.07, 6.45) is 5.27. The Morgan fingerprint density at radius 1 is 1.11 bits per heavy atom. The van der Waals surface area contributed by atoms with Gasteiger partial charge in [0.05, 0.1) is 0 Å². The third-order valence-corrected chi connectivity index (χ3v) is 6.16. The Morgan fingerprint density at radius 3 is 2.54 bits per heavy atom. The van der Waals surface area contributed by atoms with E-state index < -0.39 is 0 Å². The Kier molecular flexibility index (Phi) is 7.49. The molecule has 1 aromatic carbocycles. The second-order valence-electron chi connectivity index (χ2n) is 8.78. The van der Waals surface area contributed by atoms with E-state index in [0.29, 0.717) is 17.9 Å². The molecule has 5 heteroatoms. The minimum absolute atomic E-state index is 0.114. The molecule has 3 rings (SSSR count). The van der Waals surface area contributed by atoms with Crippen molar-refractivity contribution in [1.82, 2.24) is 15.1 Å². The fourth-order valence-corrected chi connectivity index (χ4v) is 4.39. The monoisotopic (exact) mass is 385 g/mol. The Labute approximate surface area is 169 Å². The van der Waals surface area contributed by atoms with Crippen LogP contribution in [0.15, 0.2) is 30.3 Å². The van der Waals surface area contributed by atoms with Crippen molar-refractivity contribution in [2.75, 3.05) is 32.7 Å². The maximum absolute atomic E-state index is 12.8. The van der Waals surface area contributed by atoms with Crippen molar-refractivity contribution in [3.05, 3.63) is 35.9 Å². The number of carbonyl (C=O) groups is 2. The number of nitrogens with zero attached hydrogens (tertiary/aromatic N) is 2. The van der Waals surface area contributed by atoms with E-state index in [0.717, 1.165) is 32.0 Å². The van der Waals surface area contributed by atoms with Crippen molar-refractivity contribution in [3.8, 4) is 0 Å². The van der Waals surface area contributed by atoms with Crippen LogP contribution in [0.3, 0.4) is 0 Å². The molecular weight excluding hydrogens is 350 g/mol. The Morgan fingerprint density at radius 2 is 1.82 bits per heavy atom. The van der Waals surface area contributed by atoms with Crippen LogP contribution in [0, 0.1) is 11.8 Å². The van der Waals surface area contributed by atoms with Crippen molar-refractivity contribution < 1.29 is 9.59 Å². The van der Waals surface area contributed by atoms with Gasteiger partial charge in [-0.1, -0.05) is 25.1 Å². The van der Waals surface area contributed by atoms with E-state index in [1.807, 2.05) is 30.0 Å². The molecule has 2 aliphatic rings. The molecule has 2 saturated heterocycles. The number of rotatable bonds is 6. The average molecular weight is 386 g/mol. The molecule has 2 fully saturated rings. The molecule has 0 aliphatic carbocycles. The number of hydrogen-bond donors (Lipinski definition) is 1. The van der Waals surface area contributed by atoms with Gasteiger partial charge in [0, 0.05) is 37.7 Å². The Bertz CT molecular complexity index is 641. The molecule has 2 aliphatic heterocycles. The summed E-state index contributed by atoms with van der Waals surface area (Å²) < 4.78 is 0. The Hall–Kier alpha value is -1.88. The highest BCUT2D eigenvalue weighted by atomic mass is 16.2. The zero-order chi connectivity index (χ0) is 19.9. The van der Waals surface area contributed by atoms with E-state index in [2.05, 4.69) is 17.1 Å². The van der Waals surface area contributed by atoms with E-state index in [-0.39, 0.29) is 17.9 Å². The SMILES string of the molecule is CC1CCN(CC2CCCN(C(=O)CC(C)NC(=O)c3ccccc3)C2)CC1. The predicted molar refractivity (Wildman–Crippen MR) is 112 cm³/mol. The van der Waals surface area contributed by atoms with Gasteiger partial charge in [-0.3, -0.25) is 9.59 Å². The molecule has 2 heterocycles. The van der Waals surface area contributed by atoms with Crippen molar-refractivity contribution in [1.29, 1.82) is 0 Å². The highest BCUT2D eigenvalue weighted by Gasteiger charge is 2.27. The van der Waals surface area contributed by atoms with Crippen LogP contribution in [-0.4, -0.2) is 60.4 Å². The van der Waals surface area contributed by atoms with Crippen molar-refractivity contribution in [2.45, 2.75) is 52.0 Å². The topological polar surface area (TPSA) is 52.6 Å². The molecule has 1 aromatic rings. The van der Waals surface area contributed by atoms with Crippen LogP contribution in [0.4, 0.5) is 0 Å². The van der Waals surface area contributed by atoms with Gasteiger partial charge in [0.15, 0.2) is 0 Å². The molecule has 0 radical (unpaired) electrons. The molecule has 0 spiro atoms. The summed E-state index contributed by atoms with van der Waals surface area (Å²) in [6.45, 7) is 9.50. The molecule has 2 amide bonds. The van der Waals surface area contributed by atoms with E-state index in [4.69, 9.17) is 0 Å². The van der Waals surface area contributed by atoms with Crippen molar-refractivity contribution in [2.24, 2.45) is 11.8 Å². The van der Waals surface area contributed by atoms with Crippen LogP contribution < -0.4 is 5.32 Å². The molecule has 5 nitrogen and oxygen atoms in total. The van der Waals surface area contributed by atoms with Crippen LogP contribution in [0.25, 0.3) is 0 Å². The number of benzene rings is 1. The summed E-state index contributed by atoms with van der Waals surface area (Å²) in [5.74, 6) is 1.49. The molecule has 2 atom stereocenters. The van der Waals surface area contributed by atoms with Crippen LogP contribution >= 0.6 is 0 Å². The van der Waals surface area contributed by atoms with Crippen molar-refractivity contribution in [3.63, 3.8) is 0 Å². The van der Waals surface area contributed by atoms with Gasteiger partial charge in [-0.2, -0.15) is 0 Å². The fourth-order valence-electron chi connectivity index (χ4n) is 4.39. The summed E-state index contributed by atoms with van der Waals surface area (Å²) in [6, 6.07) is 9.01. The molecule has 0 aromatic heterocycles. The lowest BCUT2D eigenvalue weighted by Crippen LogP contribution is -2.46. The number of hydrogen-bond acceptors (Lipinski definition) is 3. The summed E-state index contributed by atoms with van der Waals surface area (Å²) in [7, 11) is 0. The maximum Gasteiger partial charge on any atom is 0.251 e. The number of amides is 2. The average Bonchev–Trinajstić information content (AvgIpc) is 2.70. The summed E-state index contributed by atoms with van der Waals surface area (Å²) in [5.41, 5.74) is 0.635. The minimum atomic E-state index is -0.163. The third-order valence-electron chi connectivity index (χ3n) is 6.16. The second-order valence-corrected chi connectivity index (χ2v) is 8.78. The maximum atomic E-state index is 12.8. The van der Waals surface area contributed by atoms with Gasteiger partial charge in [0.1, 0.15) is 0 Å². The largest absolute Gasteiger partial charge is 0.349 e. The molecular formula is C23H35N3O2. The van der Waals surface area contributed by atoms with E-state index in [1.165, 1.54) is 32.4 Å². The van der Waals surface area contributed by atoms with E-state index in [1.54, 1.807) is 12.1 Å². The molecule has 2 unspecified atom stereocenters. The van der Waals surface area contributed by atoms with Gasteiger partial charge in [0.25, 0.3) is 5.91 Å². The van der Waals surface area contributed by atoms with Crippen LogP contribution in [0.1, 0.15) is 56.3 Å². The number of piperidine rings is 2. The van der Waals surface area contributed by atoms with Gasteiger partial charge < -0.3 is 15.1 Å². The lowest BCUT2D eigenvalue weighted by molar-refractivity contribution is -0.133. The first kappa shape index (κ1) is 20.8. The van der Waals surface area contributed by atoms with Gasteiger partial charge in [-0.15, -0.1) is 0 Å². The summed E-state index contributed by atoms with van der Waals surface area (Å²) in [4.78, 5) is 29.6. The highest BCUT2D eigenvalue weighted by Crippen LogP contribution is 2.22. The van der Waals surface area contributed by atoms with E-state index >= 15 is 0 Å². The number of nitrogens with one attached hydrogen (secondary N) is 1. The molecule has 0 saturated carbocycles. The summed E-state index contributed by atoms with van der Waals surface area (Å²) >= 11 is 0. The van der Waals surface area contributed by atoms with Crippen LogP contribution in [0.2, 0.25) is 0 Å². The van der Waals surface area contributed by atoms with Crippen LogP contribution in [0.5, 0.6) is 0 Å². The standard InChI is InChI=1S/C23H35N3O2/c1-18-10-13-25(14-11-18)16-20-7-6-12-26(17-20)22(27)15-19(2)24-23(28)21-8-4-3-5-9-21/h3-5,8-9,18-20H,6-7,10-17H2,1-2H3,(H,24,28). The van der Waals surface area contributed by atoms with Crippen LogP contribution in [-0.2, 0) is 4.79 Å².